The van der Waals surface area contributed by atoms with Crippen molar-refractivity contribution in [3.8, 4) is 0 Å². The largest absolute Gasteiger partial charge is 0.376 e. The summed E-state index contributed by atoms with van der Waals surface area (Å²) in [6.07, 6.45) is 0. The first-order chi connectivity index (χ1) is 10.9. The van der Waals surface area contributed by atoms with E-state index in [0.29, 0.717) is 22.5 Å². The summed E-state index contributed by atoms with van der Waals surface area (Å²) in [6.45, 7) is 3.48. The summed E-state index contributed by atoms with van der Waals surface area (Å²) in [5, 5.41) is 5.54. The molecule has 0 unspecified atom stereocenters. The van der Waals surface area contributed by atoms with Crippen molar-refractivity contribution in [2.75, 3.05) is 17.2 Å². The Morgan fingerprint density at radius 1 is 1.09 bits per heavy atom. The van der Waals surface area contributed by atoms with E-state index in [1.165, 1.54) is 6.07 Å². The summed E-state index contributed by atoms with van der Waals surface area (Å²) in [6, 6.07) is 9.46. The van der Waals surface area contributed by atoms with Crippen LogP contribution >= 0.6 is 0 Å². The predicted molar refractivity (Wildman–Crippen MR) is 88.0 cm³/mol. The van der Waals surface area contributed by atoms with Gasteiger partial charge in [0.2, 0.25) is 11.8 Å². The van der Waals surface area contributed by atoms with E-state index in [-0.39, 0.29) is 18.3 Å². The van der Waals surface area contributed by atoms with Crippen LogP contribution in [-0.4, -0.2) is 18.4 Å². The van der Waals surface area contributed by atoms with Gasteiger partial charge in [0.05, 0.1) is 6.54 Å². The average Bonchev–Trinajstić information content (AvgIpc) is 2.50. The average molecular weight is 315 g/mol. The Morgan fingerprint density at radius 3 is 2.43 bits per heavy atom. The molecule has 0 aliphatic heterocycles. The molecule has 0 heterocycles. The fourth-order valence-electron chi connectivity index (χ4n) is 2.02. The number of aryl methyl sites for hydroxylation is 2. The van der Waals surface area contributed by atoms with Crippen molar-refractivity contribution >= 4 is 23.2 Å². The van der Waals surface area contributed by atoms with Crippen LogP contribution in [-0.2, 0) is 4.79 Å². The van der Waals surface area contributed by atoms with E-state index in [2.05, 4.69) is 10.6 Å². The Labute approximate surface area is 133 Å². The van der Waals surface area contributed by atoms with Crippen molar-refractivity contribution in [2.45, 2.75) is 13.8 Å². The molecule has 2 amide bonds. The third-order valence-corrected chi connectivity index (χ3v) is 3.42. The van der Waals surface area contributed by atoms with E-state index in [9.17, 15) is 14.0 Å². The Bertz CT molecular complexity index is 759. The van der Waals surface area contributed by atoms with Gasteiger partial charge >= 0.3 is 0 Å². The van der Waals surface area contributed by atoms with Crippen molar-refractivity contribution in [1.82, 2.24) is 0 Å². The highest BCUT2D eigenvalue weighted by atomic mass is 19.1. The number of rotatable bonds is 5. The molecular weight excluding hydrogens is 297 g/mol. The normalized spacial score (nSPS) is 10.2. The Hall–Kier alpha value is -2.89. The van der Waals surface area contributed by atoms with Gasteiger partial charge in [0.25, 0.3) is 0 Å². The van der Waals surface area contributed by atoms with Crippen LogP contribution in [0.2, 0.25) is 0 Å². The Morgan fingerprint density at radius 2 is 1.78 bits per heavy atom. The summed E-state index contributed by atoms with van der Waals surface area (Å²) >= 11 is 0. The molecule has 23 heavy (non-hydrogen) atoms. The van der Waals surface area contributed by atoms with Crippen molar-refractivity contribution in [3.05, 3.63) is 58.9 Å². The lowest BCUT2D eigenvalue weighted by Gasteiger charge is -2.11. The third kappa shape index (κ3) is 4.29. The summed E-state index contributed by atoms with van der Waals surface area (Å²) in [5.41, 5.74) is 8.02. The molecule has 2 aromatic rings. The van der Waals surface area contributed by atoms with Gasteiger partial charge in [-0.15, -0.1) is 0 Å². The lowest BCUT2D eigenvalue weighted by Crippen LogP contribution is -2.22. The first-order valence-electron chi connectivity index (χ1n) is 7.07. The maximum Gasteiger partial charge on any atom is 0.248 e. The van der Waals surface area contributed by atoms with Crippen LogP contribution in [0.1, 0.15) is 21.5 Å². The molecule has 6 heteroatoms. The second-order valence-corrected chi connectivity index (χ2v) is 5.26. The van der Waals surface area contributed by atoms with Gasteiger partial charge in [0.15, 0.2) is 0 Å². The van der Waals surface area contributed by atoms with E-state index in [1.54, 1.807) is 37.3 Å². The van der Waals surface area contributed by atoms with Gasteiger partial charge in [-0.2, -0.15) is 0 Å². The zero-order valence-corrected chi connectivity index (χ0v) is 12.9. The quantitative estimate of drug-likeness (QED) is 0.793. The van der Waals surface area contributed by atoms with Crippen LogP contribution < -0.4 is 16.4 Å². The molecule has 0 aromatic heterocycles. The number of amides is 2. The van der Waals surface area contributed by atoms with E-state index < -0.39 is 5.91 Å². The number of nitrogens with one attached hydrogen (secondary N) is 2. The van der Waals surface area contributed by atoms with Gasteiger partial charge in [-0.3, -0.25) is 9.59 Å². The lowest BCUT2D eigenvalue weighted by molar-refractivity contribution is -0.114. The number of nitrogens with two attached hydrogens (primary N) is 1. The topological polar surface area (TPSA) is 84.2 Å². The zero-order chi connectivity index (χ0) is 17.0. The van der Waals surface area contributed by atoms with E-state index in [0.717, 1.165) is 5.56 Å². The van der Waals surface area contributed by atoms with Gasteiger partial charge in [-0.1, -0.05) is 12.1 Å². The molecule has 0 saturated carbocycles. The molecule has 0 aliphatic rings. The molecule has 0 fully saturated rings. The van der Waals surface area contributed by atoms with Crippen LogP contribution in [0.15, 0.2) is 36.4 Å². The molecule has 2 rings (SSSR count). The van der Waals surface area contributed by atoms with Gasteiger partial charge in [0.1, 0.15) is 5.82 Å². The second-order valence-electron chi connectivity index (χ2n) is 5.26. The van der Waals surface area contributed by atoms with E-state index in [1.807, 2.05) is 6.92 Å². The lowest BCUT2D eigenvalue weighted by atomic mass is 10.1. The minimum atomic E-state index is -0.535. The third-order valence-electron chi connectivity index (χ3n) is 3.42. The number of benzene rings is 2. The Kier molecular flexibility index (Phi) is 4.95. The first kappa shape index (κ1) is 16.5. The minimum absolute atomic E-state index is 0.0153. The highest BCUT2D eigenvalue weighted by molar-refractivity contribution is 5.95. The van der Waals surface area contributed by atoms with Crippen LogP contribution in [0, 0.1) is 19.7 Å². The van der Waals surface area contributed by atoms with Gasteiger partial charge in [-0.25, -0.2) is 4.39 Å². The number of primary amides is 1. The van der Waals surface area contributed by atoms with Crippen molar-refractivity contribution in [1.29, 1.82) is 0 Å². The molecule has 0 spiro atoms. The van der Waals surface area contributed by atoms with Crippen molar-refractivity contribution < 1.29 is 14.0 Å². The minimum Gasteiger partial charge on any atom is -0.376 e. The van der Waals surface area contributed by atoms with Gasteiger partial charge in [0, 0.05) is 16.9 Å². The maximum atomic E-state index is 13.4. The number of carbonyl (C=O) groups excluding carboxylic acids is 2. The van der Waals surface area contributed by atoms with Crippen LogP contribution in [0.5, 0.6) is 0 Å². The molecular formula is C17H18FN3O2. The standard InChI is InChI=1S/C17H18FN3O2/c1-10-4-6-13(8-14(10)18)21-16(22)9-20-15-7-12(17(19)23)5-3-11(15)2/h3-8,20H,9H2,1-2H3,(H2,19,23)(H,21,22). The molecule has 4 N–H and O–H groups in total. The highest BCUT2D eigenvalue weighted by Gasteiger charge is 2.08. The van der Waals surface area contributed by atoms with E-state index in [4.69, 9.17) is 5.73 Å². The monoisotopic (exact) mass is 315 g/mol. The summed E-state index contributed by atoms with van der Waals surface area (Å²) in [5.74, 6) is -1.23. The first-order valence-corrected chi connectivity index (χ1v) is 7.07. The fourth-order valence-corrected chi connectivity index (χ4v) is 2.02. The maximum absolute atomic E-state index is 13.4. The van der Waals surface area contributed by atoms with Crippen LogP contribution in [0.4, 0.5) is 15.8 Å². The van der Waals surface area contributed by atoms with Crippen molar-refractivity contribution in [3.63, 3.8) is 0 Å². The van der Waals surface area contributed by atoms with Gasteiger partial charge < -0.3 is 16.4 Å². The number of halogens is 1. The molecule has 0 radical (unpaired) electrons. The molecule has 0 saturated heterocycles. The van der Waals surface area contributed by atoms with Crippen LogP contribution in [0.3, 0.4) is 0 Å². The van der Waals surface area contributed by atoms with Crippen LogP contribution in [0.25, 0.3) is 0 Å². The van der Waals surface area contributed by atoms with E-state index >= 15 is 0 Å². The SMILES string of the molecule is Cc1ccc(NC(=O)CNc2cc(C(N)=O)ccc2C)cc1F. The molecule has 0 bridgehead atoms. The Balaban J connectivity index is 2.00. The molecule has 2 aromatic carbocycles. The zero-order valence-electron chi connectivity index (χ0n) is 12.9. The molecule has 5 nitrogen and oxygen atoms in total. The predicted octanol–water partition coefficient (Wildman–Crippen LogP) is 2.59. The van der Waals surface area contributed by atoms with Gasteiger partial charge in [-0.05, 0) is 49.2 Å². The fraction of sp³-hybridized carbons (Fsp3) is 0.176. The number of carbonyl (C=O) groups is 2. The summed E-state index contributed by atoms with van der Waals surface area (Å²) < 4.78 is 13.4. The molecule has 120 valence electrons. The second kappa shape index (κ2) is 6.91. The smallest absolute Gasteiger partial charge is 0.248 e. The van der Waals surface area contributed by atoms with Crippen molar-refractivity contribution in [2.24, 2.45) is 5.73 Å². The highest BCUT2D eigenvalue weighted by Crippen LogP contribution is 2.17. The summed E-state index contributed by atoms with van der Waals surface area (Å²) in [7, 11) is 0. The number of hydrogen-bond acceptors (Lipinski definition) is 3. The number of anilines is 2. The molecule has 0 aliphatic carbocycles. The molecule has 0 atom stereocenters. The number of hydrogen-bond donors (Lipinski definition) is 3. The summed E-state index contributed by atoms with van der Waals surface area (Å²) in [4.78, 5) is 23.1.